The van der Waals surface area contributed by atoms with Crippen molar-refractivity contribution in [3.8, 4) is 0 Å². The minimum absolute atomic E-state index is 0.0278. The second-order valence-electron chi connectivity index (χ2n) is 4.94. The van der Waals surface area contributed by atoms with Crippen LogP contribution in [0.1, 0.15) is 40.0 Å². The molecule has 96 valence electrons. The van der Waals surface area contributed by atoms with E-state index in [0.29, 0.717) is 0 Å². The minimum atomic E-state index is -0.329. The SMILES string of the molecule is CC(CC[C@@H]1CC(C)(C)OC1=O)=NNC(N)=S. The fourth-order valence-corrected chi connectivity index (χ4v) is 1.93. The summed E-state index contributed by atoms with van der Waals surface area (Å²) >= 11 is 4.64. The van der Waals surface area contributed by atoms with Crippen molar-refractivity contribution in [1.29, 1.82) is 0 Å². The molecule has 1 rings (SSSR count). The predicted molar refractivity (Wildman–Crippen MR) is 70.5 cm³/mol. The van der Waals surface area contributed by atoms with Gasteiger partial charge in [0.2, 0.25) is 0 Å². The van der Waals surface area contributed by atoms with Gasteiger partial charge in [0.1, 0.15) is 5.60 Å². The Balaban J connectivity index is 2.39. The Morgan fingerprint density at radius 2 is 2.35 bits per heavy atom. The first-order valence-corrected chi connectivity index (χ1v) is 6.02. The first-order chi connectivity index (χ1) is 7.80. The fourth-order valence-electron chi connectivity index (χ4n) is 1.88. The summed E-state index contributed by atoms with van der Waals surface area (Å²) < 4.78 is 5.26. The summed E-state index contributed by atoms with van der Waals surface area (Å²) in [6.45, 7) is 5.73. The number of nitrogens with one attached hydrogen (secondary N) is 1. The van der Waals surface area contributed by atoms with Crippen molar-refractivity contribution in [2.45, 2.75) is 45.6 Å². The van der Waals surface area contributed by atoms with Crippen LogP contribution in [0.25, 0.3) is 0 Å². The molecule has 5 nitrogen and oxygen atoms in total. The number of hydrogen-bond acceptors (Lipinski definition) is 4. The van der Waals surface area contributed by atoms with Crippen LogP contribution < -0.4 is 11.2 Å². The smallest absolute Gasteiger partial charge is 0.309 e. The van der Waals surface area contributed by atoms with E-state index >= 15 is 0 Å². The summed E-state index contributed by atoms with van der Waals surface area (Å²) in [6.07, 6.45) is 2.24. The Morgan fingerprint density at radius 1 is 1.71 bits per heavy atom. The molecule has 0 aromatic carbocycles. The van der Waals surface area contributed by atoms with Crippen molar-refractivity contribution in [2.24, 2.45) is 16.8 Å². The van der Waals surface area contributed by atoms with Gasteiger partial charge >= 0.3 is 5.97 Å². The molecule has 1 aliphatic heterocycles. The highest BCUT2D eigenvalue weighted by Crippen LogP contribution is 2.32. The van der Waals surface area contributed by atoms with Gasteiger partial charge in [-0.2, -0.15) is 5.10 Å². The Bertz CT molecular complexity index is 353. The zero-order chi connectivity index (χ0) is 13.1. The Kier molecular flexibility index (Phi) is 4.45. The third kappa shape index (κ3) is 4.68. The van der Waals surface area contributed by atoms with E-state index in [1.807, 2.05) is 20.8 Å². The largest absolute Gasteiger partial charge is 0.459 e. The summed E-state index contributed by atoms with van der Waals surface area (Å²) in [4.78, 5) is 11.6. The zero-order valence-electron chi connectivity index (χ0n) is 10.4. The summed E-state index contributed by atoms with van der Waals surface area (Å²) in [7, 11) is 0. The van der Waals surface area contributed by atoms with E-state index in [2.05, 4.69) is 22.7 Å². The number of esters is 1. The Hall–Kier alpha value is -1.17. The molecular weight excluding hydrogens is 238 g/mol. The van der Waals surface area contributed by atoms with E-state index in [9.17, 15) is 4.79 Å². The number of thiocarbonyl (C=S) groups is 1. The third-order valence-electron chi connectivity index (χ3n) is 2.66. The van der Waals surface area contributed by atoms with Crippen molar-refractivity contribution in [3.63, 3.8) is 0 Å². The number of hydrazone groups is 1. The predicted octanol–water partition coefficient (Wildman–Crippen LogP) is 1.32. The number of nitrogens with two attached hydrogens (primary N) is 1. The molecule has 17 heavy (non-hydrogen) atoms. The molecule has 6 heteroatoms. The molecule has 0 bridgehead atoms. The molecule has 0 amide bonds. The molecule has 0 radical (unpaired) electrons. The second-order valence-corrected chi connectivity index (χ2v) is 5.38. The molecule has 0 saturated carbocycles. The number of carbonyl (C=O) groups is 1. The number of nitrogens with zero attached hydrogens (tertiary/aromatic N) is 1. The molecule has 1 heterocycles. The van der Waals surface area contributed by atoms with E-state index in [-0.39, 0.29) is 22.6 Å². The van der Waals surface area contributed by atoms with Crippen LogP contribution in [-0.2, 0) is 9.53 Å². The van der Waals surface area contributed by atoms with Crippen LogP contribution in [0.4, 0.5) is 0 Å². The lowest BCUT2D eigenvalue weighted by Gasteiger charge is -2.14. The summed E-state index contributed by atoms with van der Waals surface area (Å²) in [5, 5.41) is 4.14. The molecule has 1 fully saturated rings. The van der Waals surface area contributed by atoms with Gasteiger partial charge < -0.3 is 10.5 Å². The molecule has 0 aromatic rings. The van der Waals surface area contributed by atoms with Gasteiger partial charge in [-0.25, -0.2) is 0 Å². The van der Waals surface area contributed by atoms with Crippen molar-refractivity contribution >= 4 is 29.0 Å². The average Bonchev–Trinajstić information content (AvgIpc) is 2.45. The van der Waals surface area contributed by atoms with Crippen LogP contribution in [0, 0.1) is 5.92 Å². The molecule has 0 unspecified atom stereocenters. The van der Waals surface area contributed by atoms with Gasteiger partial charge in [0.05, 0.1) is 5.92 Å². The van der Waals surface area contributed by atoms with Gasteiger partial charge in [0.15, 0.2) is 5.11 Å². The van der Waals surface area contributed by atoms with E-state index < -0.39 is 0 Å². The quantitative estimate of drug-likeness (QED) is 0.344. The minimum Gasteiger partial charge on any atom is -0.459 e. The summed E-state index contributed by atoms with van der Waals surface area (Å²) in [5.74, 6) is -0.134. The molecule has 1 atom stereocenters. The van der Waals surface area contributed by atoms with Crippen molar-refractivity contribution in [3.05, 3.63) is 0 Å². The lowest BCUT2D eigenvalue weighted by molar-refractivity contribution is -0.148. The van der Waals surface area contributed by atoms with Gasteiger partial charge in [0, 0.05) is 5.71 Å². The Morgan fingerprint density at radius 3 is 2.82 bits per heavy atom. The fraction of sp³-hybridized carbons (Fsp3) is 0.727. The van der Waals surface area contributed by atoms with E-state index in [4.69, 9.17) is 10.5 Å². The third-order valence-corrected chi connectivity index (χ3v) is 2.75. The highest BCUT2D eigenvalue weighted by molar-refractivity contribution is 7.80. The first-order valence-electron chi connectivity index (χ1n) is 5.61. The number of rotatable bonds is 4. The first kappa shape index (κ1) is 13.9. The molecular formula is C11H19N3O2S. The monoisotopic (exact) mass is 257 g/mol. The van der Waals surface area contributed by atoms with E-state index in [1.54, 1.807) is 0 Å². The van der Waals surface area contributed by atoms with Gasteiger partial charge in [-0.3, -0.25) is 10.2 Å². The highest BCUT2D eigenvalue weighted by Gasteiger charge is 2.39. The average molecular weight is 257 g/mol. The standard InChI is InChI=1S/C11H19N3O2S/c1-7(13-14-10(12)17)4-5-8-6-11(2,3)16-9(8)15/h8H,4-6H2,1-3H3,(H3,12,14,17)/t8-/m1/s1. The topological polar surface area (TPSA) is 76.7 Å². The maximum atomic E-state index is 11.6. The van der Waals surface area contributed by atoms with Gasteiger partial charge in [-0.1, -0.05) is 0 Å². The molecule has 3 N–H and O–H groups in total. The summed E-state index contributed by atoms with van der Waals surface area (Å²) in [6, 6.07) is 0. The Labute approximate surface area is 107 Å². The molecule has 0 spiro atoms. The summed E-state index contributed by atoms with van der Waals surface area (Å²) in [5.41, 5.74) is 8.33. The molecule has 0 aliphatic carbocycles. The number of carbonyl (C=O) groups excluding carboxylic acids is 1. The molecule has 1 aliphatic rings. The highest BCUT2D eigenvalue weighted by atomic mass is 32.1. The normalized spacial score (nSPS) is 23.4. The van der Waals surface area contributed by atoms with Crippen LogP contribution in [0.15, 0.2) is 5.10 Å². The lowest BCUT2D eigenvalue weighted by Crippen LogP contribution is -2.25. The lowest BCUT2D eigenvalue weighted by atomic mass is 9.93. The number of ether oxygens (including phenoxy) is 1. The maximum absolute atomic E-state index is 11.6. The number of cyclic esters (lactones) is 1. The van der Waals surface area contributed by atoms with Gasteiger partial charge in [0.25, 0.3) is 0 Å². The van der Waals surface area contributed by atoms with Crippen molar-refractivity contribution in [1.82, 2.24) is 5.43 Å². The van der Waals surface area contributed by atoms with Crippen LogP contribution >= 0.6 is 12.2 Å². The van der Waals surface area contributed by atoms with Crippen molar-refractivity contribution in [2.75, 3.05) is 0 Å². The van der Waals surface area contributed by atoms with E-state index in [0.717, 1.165) is 25.0 Å². The second kappa shape index (κ2) is 5.44. The van der Waals surface area contributed by atoms with Crippen LogP contribution in [0.2, 0.25) is 0 Å². The number of hydrogen-bond donors (Lipinski definition) is 2. The van der Waals surface area contributed by atoms with Gasteiger partial charge in [-0.15, -0.1) is 0 Å². The van der Waals surface area contributed by atoms with Gasteiger partial charge in [-0.05, 0) is 52.3 Å². The zero-order valence-corrected chi connectivity index (χ0v) is 11.3. The van der Waals surface area contributed by atoms with Crippen LogP contribution in [0.3, 0.4) is 0 Å². The van der Waals surface area contributed by atoms with Crippen molar-refractivity contribution < 1.29 is 9.53 Å². The van der Waals surface area contributed by atoms with E-state index in [1.165, 1.54) is 0 Å². The van der Waals surface area contributed by atoms with Crippen LogP contribution in [0.5, 0.6) is 0 Å². The molecule has 0 aromatic heterocycles. The maximum Gasteiger partial charge on any atom is 0.309 e. The molecule has 1 saturated heterocycles. The van der Waals surface area contributed by atoms with Crippen LogP contribution in [-0.4, -0.2) is 22.4 Å².